The lowest BCUT2D eigenvalue weighted by molar-refractivity contribution is 0.0631. The highest BCUT2D eigenvalue weighted by molar-refractivity contribution is 5.93. The van der Waals surface area contributed by atoms with Crippen molar-refractivity contribution in [1.29, 1.82) is 0 Å². The second-order valence-electron chi connectivity index (χ2n) is 15.6. The van der Waals surface area contributed by atoms with E-state index in [1.165, 1.54) is 36.4 Å². The van der Waals surface area contributed by atoms with Crippen molar-refractivity contribution < 1.29 is 59.2 Å². The van der Waals surface area contributed by atoms with Crippen molar-refractivity contribution in [3.8, 4) is 46.0 Å². The average molecular weight is 835 g/mol. The fourth-order valence-corrected chi connectivity index (χ4v) is 7.54. The van der Waals surface area contributed by atoms with E-state index < -0.39 is 28.7 Å². The monoisotopic (exact) mass is 834 g/mol. The van der Waals surface area contributed by atoms with Crippen molar-refractivity contribution in [2.24, 2.45) is 5.92 Å². The van der Waals surface area contributed by atoms with Crippen LogP contribution in [0, 0.1) is 5.92 Å². The van der Waals surface area contributed by atoms with Gasteiger partial charge in [0.15, 0.2) is 0 Å². The molecule has 12 heteroatoms. The quantitative estimate of drug-likeness (QED) is 0.0535. The van der Waals surface area contributed by atoms with Crippen LogP contribution in [-0.4, -0.2) is 48.5 Å². The number of rotatable bonds is 11. The molecule has 0 aliphatic heterocycles. The van der Waals surface area contributed by atoms with Crippen LogP contribution in [0.3, 0.4) is 0 Å². The lowest BCUT2D eigenvalue weighted by atomic mass is 9.65. The van der Waals surface area contributed by atoms with Gasteiger partial charge in [0.2, 0.25) is 0 Å². The number of phenolic OH excluding ortho intramolecular Hbond substituents is 6. The van der Waals surface area contributed by atoms with Gasteiger partial charge in [-0.1, -0.05) is 75.4 Å². The standard InChI is InChI=1S/C50H42O12/c1-49(2,33-8-14-43(15-9-33)60-46(57)29-20-37(51)26-38(52)21-29)32-4-6-34(7-5-32)50(3,35-10-16-44(17-11-35)61-47(58)30-22-39(53)27-40(54)23-30)36-12-18-45(19-13-36)62-48(59)31-24-41(55)28-42(56)25-31/h4-12,14-28,36,51-56H,13H2,1-3H3. The minimum absolute atomic E-state index is 0.000642. The third-order valence-corrected chi connectivity index (χ3v) is 11.1. The molecule has 62 heavy (non-hydrogen) atoms. The topological polar surface area (TPSA) is 200 Å². The van der Waals surface area contributed by atoms with Crippen LogP contribution in [0.25, 0.3) is 0 Å². The van der Waals surface area contributed by atoms with E-state index in [4.69, 9.17) is 14.2 Å². The van der Waals surface area contributed by atoms with Gasteiger partial charge in [0.25, 0.3) is 0 Å². The summed E-state index contributed by atoms with van der Waals surface area (Å²) in [5, 5.41) is 59.0. The second kappa shape index (κ2) is 16.9. The normalized spacial score (nSPS) is 14.6. The van der Waals surface area contributed by atoms with Crippen molar-refractivity contribution >= 4 is 17.9 Å². The van der Waals surface area contributed by atoms with Gasteiger partial charge in [0, 0.05) is 29.0 Å². The molecule has 0 radical (unpaired) electrons. The number of carbonyl (C=O) groups is 3. The SMILES string of the molecule is CC(C)(c1ccc(OC(=O)c2cc(O)cc(O)c2)cc1)c1ccc(C(C)(c2ccc(OC(=O)c3cc(O)cc(O)c3)cc2)C2C=CC(OC(=O)c3cc(O)cc(O)c3)=CC2)cc1. The molecule has 6 aromatic carbocycles. The van der Waals surface area contributed by atoms with Crippen LogP contribution in [0.4, 0.5) is 0 Å². The minimum Gasteiger partial charge on any atom is -0.508 e. The molecule has 0 amide bonds. The zero-order chi connectivity index (χ0) is 44.3. The summed E-state index contributed by atoms with van der Waals surface area (Å²) in [6, 6.07) is 32.9. The van der Waals surface area contributed by atoms with E-state index in [0.29, 0.717) is 12.2 Å². The number of phenols is 6. The van der Waals surface area contributed by atoms with Crippen LogP contribution in [0.2, 0.25) is 0 Å². The highest BCUT2D eigenvalue weighted by Crippen LogP contribution is 2.45. The Bertz CT molecular complexity index is 2670. The summed E-state index contributed by atoms with van der Waals surface area (Å²) in [4.78, 5) is 38.5. The van der Waals surface area contributed by atoms with Crippen molar-refractivity contribution in [3.63, 3.8) is 0 Å². The molecule has 2 atom stereocenters. The van der Waals surface area contributed by atoms with E-state index in [1.54, 1.807) is 36.4 Å². The van der Waals surface area contributed by atoms with Gasteiger partial charge < -0.3 is 44.8 Å². The molecule has 6 N–H and O–H groups in total. The maximum absolute atomic E-state index is 12.9. The number of hydrogen-bond donors (Lipinski definition) is 6. The fourth-order valence-electron chi connectivity index (χ4n) is 7.54. The van der Waals surface area contributed by atoms with E-state index >= 15 is 0 Å². The number of ether oxygens (including phenoxy) is 3. The Morgan fingerprint density at radius 3 is 1.15 bits per heavy atom. The van der Waals surface area contributed by atoms with Crippen LogP contribution in [0.1, 0.15) is 80.5 Å². The smallest absolute Gasteiger partial charge is 0.343 e. The summed E-state index contributed by atoms with van der Waals surface area (Å²) in [7, 11) is 0. The van der Waals surface area contributed by atoms with Gasteiger partial charge in [0.1, 0.15) is 51.8 Å². The fraction of sp³-hybridized carbons (Fsp3) is 0.140. The van der Waals surface area contributed by atoms with Gasteiger partial charge in [-0.15, -0.1) is 0 Å². The van der Waals surface area contributed by atoms with Crippen molar-refractivity contribution in [1.82, 2.24) is 0 Å². The summed E-state index contributed by atoms with van der Waals surface area (Å²) in [5.41, 5.74) is 2.54. The third kappa shape index (κ3) is 9.09. The highest BCUT2D eigenvalue weighted by Gasteiger charge is 2.38. The number of benzene rings is 6. The summed E-state index contributed by atoms with van der Waals surface area (Å²) in [6.45, 7) is 6.24. The number of hydrogen-bond acceptors (Lipinski definition) is 12. The first-order valence-corrected chi connectivity index (χ1v) is 19.4. The van der Waals surface area contributed by atoms with E-state index in [9.17, 15) is 45.0 Å². The molecule has 0 saturated heterocycles. The minimum atomic E-state index is -0.765. The molecule has 0 bridgehead atoms. The lowest BCUT2D eigenvalue weighted by Crippen LogP contribution is -2.33. The molecule has 6 aromatic rings. The molecular formula is C50H42O12. The van der Waals surface area contributed by atoms with Crippen LogP contribution < -0.4 is 9.47 Å². The molecular weight excluding hydrogens is 793 g/mol. The Kier molecular flexibility index (Phi) is 11.5. The van der Waals surface area contributed by atoms with Crippen LogP contribution >= 0.6 is 0 Å². The van der Waals surface area contributed by atoms with Crippen molar-refractivity contribution in [2.75, 3.05) is 0 Å². The molecule has 2 unspecified atom stereocenters. The highest BCUT2D eigenvalue weighted by atomic mass is 16.5. The Hall–Kier alpha value is -7.99. The maximum Gasteiger partial charge on any atom is 0.343 e. The lowest BCUT2D eigenvalue weighted by Gasteiger charge is -2.39. The predicted octanol–water partition coefficient (Wildman–Crippen LogP) is 9.31. The molecule has 12 nitrogen and oxygen atoms in total. The van der Waals surface area contributed by atoms with Gasteiger partial charge in [-0.05, 0) is 107 Å². The molecule has 314 valence electrons. The Balaban J connectivity index is 1.14. The van der Waals surface area contributed by atoms with Crippen molar-refractivity contribution in [2.45, 2.75) is 38.0 Å². The number of aromatic hydroxyl groups is 6. The van der Waals surface area contributed by atoms with Crippen molar-refractivity contribution in [3.05, 3.63) is 190 Å². The molecule has 1 aliphatic carbocycles. The molecule has 0 saturated carbocycles. The predicted molar refractivity (Wildman–Crippen MR) is 228 cm³/mol. The molecule has 0 fully saturated rings. The summed E-state index contributed by atoms with van der Waals surface area (Å²) < 4.78 is 16.7. The van der Waals surface area contributed by atoms with Gasteiger partial charge in [-0.2, -0.15) is 0 Å². The van der Waals surface area contributed by atoms with E-state index in [2.05, 4.69) is 45.0 Å². The largest absolute Gasteiger partial charge is 0.508 e. The second-order valence-corrected chi connectivity index (χ2v) is 15.6. The maximum atomic E-state index is 12.9. The molecule has 1 aliphatic rings. The number of esters is 3. The van der Waals surface area contributed by atoms with Crippen LogP contribution in [0.15, 0.2) is 151 Å². The first kappa shape index (κ1) is 42.1. The zero-order valence-corrected chi connectivity index (χ0v) is 33.8. The summed E-state index contributed by atoms with van der Waals surface area (Å²) >= 11 is 0. The Morgan fingerprint density at radius 1 is 0.468 bits per heavy atom. The number of carbonyl (C=O) groups excluding carboxylic acids is 3. The Morgan fingerprint density at radius 2 is 0.790 bits per heavy atom. The van der Waals surface area contributed by atoms with E-state index in [-0.39, 0.29) is 68.6 Å². The Labute approximate surface area is 356 Å². The first-order chi connectivity index (χ1) is 29.5. The van der Waals surface area contributed by atoms with Crippen LogP contribution in [-0.2, 0) is 15.6 Å². The molecule has 0 spiro atoms. The van der Waals surface area contributed by atoms with Gasteiger partial charge in [-0.3, -0.25) is 0 Å². The first-order valence-electron chi connectivity index (χ1n) is 19.4. The van der Waals surface area contributed by atoms with E-state index in [0.717, 1.165) is 40.5 Å². The average Bonchev–Trinajstić information content (AvgIpc) is 3.23. The van der Waals surface area contributed by atoms with Gasteiger partial charge in [-0.25, -0.2) is 14.4 Å². The van der Waals surface area contributed by atoms with Gasteiger partial charge in [0.05, 0.1) is 16.7 Å². The zero-order valence-electron chi connectivity index (χ0n) is 33.8. The van der Waals surface area contributed by atoms with Crippen LogP contribution in [0.5, 0.6) is 46.0 Å². The summed E-state index contributed by atoms with van der Waals surface area (Å²) in [5.74, 6) is -3.24. The van der Waals surface area contributed by atoms with E-state index in [1.807, 2.05) is 30.3 Å². The molecule has 7 rings (SSSR count). The van der Waals surface area contributed by atoms with Gasteiger partial charge >= 0.3 is 17.9 Å². The summed E-state index contributed by atoms with van der Waals surface area (Å²) in [6.07, 6.45) is 5.92. The third-order valence-electron chi connectivity index (χ3n) is 11.1. The molecule has 0 heterocycles. The number of allylic oxidation sites excluding steroid dienone is 3. The molecule has 0 aromatic heterocycles.